The third-order valence-electron chi connectivity index (χ3n) is 5.52. The van der Waals surface area contributed by atoms with Crippen molar-refractivity contribution in [3.8, 4) is 5.75 Å². The largest absolute Gasteiger partial charge is 0.495 e. The Balaban J connectivity index is 1.36. The number of halogens is 1. The second kappa shape index (κ2) is 9.71. The van der Waals surface area contributed by atoms with Crippen molar-refractivity contribution in [1.29, 1.82) is 0 Å². The minimum Gasteiger partial charge on any atom is -0.495 e. The molecule has 5 heteroatoms. The van der Waals surface area contributed by atoms with Crippen LogP contribution in [0.2, 0.25) is 5.02 Å². The molecule has 0 spiro atoms. The highest BCUT2D eigenvalue weighted by atomic mass is 35.5. The van der Waals surface area contributed by atoms with Gasteiger partial charge in [-0.3, -0.25) is 4.79 Å². The quantitative estimate of drug-likeness (QED) is 0.376. The average molecular weight is 433 g/mol. The van der Waals surface area contributed by atoms with E-state index in [0.717, 1.165) is 48.9 Å². The van der Waals surface area contributed by atoms with Crippen LogP contribution < -0.4 is 14.5 Å². The first-order chi connectivity index (χ1) is 15.1. The van der Waals surface area contributed by atoms with Crippen molar-refractivity contribution < 1.29 is 9.53 Å². The molecule has 0 saturated carbocycles. The molecule has 1 aliphatic heterocycles. The fourth-order valence-electron chi connectivity index (χ4n) is 3.78. The normalized spacial score (nSPS) is 14.1. The number of hydrogen-bond acceptors (Lipinski definition) is 4. The third-order valence-corrected chi connectivity index (χ3v) is 5.77. The number of anilines is 2. The molecule has 1 fully saturated rings. The van der Waals surface area contributed by atoms with Crippen LogP contribution in [0.1, 0.15) is 15.9 Å². The first kappa shape index (κ1) is 21.0. The van der Waals surface area contributed by atoms with Crippen LogP contribution in [0.4, 0.5) is 11.4 Å². The molecule has 0 radical (unpaired) electrons. The zero-order chi connectivity index (χ0) is 21.6. The predicted molar refractivity (Wildman–Crippen MR) is 129 cm³/mol. The zero-order valence-corrected chi connectivity index (χ0v) is 18.3. The lowest BCUT2D eigenvalue weighted by molar-refractivity contribution is 0.104. The molecule has 0 amide bonds. The number of benzene rings is 3. The van der Waals surface area contributed by atoms with Crippen LogP contribution in [0.5, 0.6) is 5.75 Å². The van der Waals surface area contributed by atoms with Gasteiger partial charge in [-0.2, -0.15) is 0 Å². The molecule has 3 aromatic rings. The lowest BCUT2D eigenvalue weighted by Crippen LogP contribution is -2.46. The molecular formula is C26H25ClN2O2. The van der Waals surface area contributed by atoms with E-state index in [0.29, 0.717) is 10.6 Å². The van der Waals surface area contributed by atoms with Crippen molar-refractivity contribution in [2.75, 3.05) is 43.1 Å². The first-order valence-corrected chi connectivity index (χ1v) is 10.7. The molecule has 4 rings (SSSR count). The van der Waals surface area contributed by atoms with Crippen LogP contribution in [0, 0.1) is 0 Å². The SMILES string of the molecule is COc1ccccc1N1CCN(c2ccc(C(=O)/C=C/c3ccc(Cl)cc3)cc2)CC1. The molecule has 0 aliphatic carbocycles. The Morgan fingerprint density at radius 3 is 2.19 bits per heavy atom. The molecule has 0 atom stereocenters. The van der Waals surface area contributed by atoms with Gasteiger partial charge < -0.3 is 14.5 Å². The molecule has 0 aromatic heterocycles. The van der Waals surface area contributed by atoms with E-state index in [2.05, 4.69) is 15.9 Å². The van der Waals surface area contributed by atoms with Gasteiger partial charge in [0.25, 0.3) is 0 Å². The highest BCUT2D eigenvalue weighted by Crippen LogP contribution is 2.29. The van der Waals surface area contributed by atoms with E-state index < -0.39 is 0 Å². The average Bonchev–Trinajstić information content (AvgIpc) is 2.83. The van der Waals surface area contributed by atoms with Crippen molar-refractivity contribution in [2.24, 2.45) is 0 Å². The fraction of sp³-hybridized carbons (Fsp3) is 0.192. The molecule has 0 unspecified atom stereocenters. The molecule has 31 heavy (non-hydrogen) atoms. The van der Waals surface area contributed by atoms with Gasteiger partial charge in [-0.05, 0) is 60.2 Å². The second-order valence-electron chi connectivity index (χ2n) is 7.44. The van der Waals surface area contributed by atoms with Crippen LogP contribution in [0.3, 0.4) is 0 Å². The summed E-state index contributed by atoms with van der Waals surface area (Å²) in [5.41, 5.74) is 3.90. The molecular weight excluding hydrogens is 408 g/mol. The predicted octanol–water partition coefficient (Wildman–Crippen LogP) is 5.57. The Morgan fingerprint density at radius 1 is 0.871 bits per heavy atom. The van der Waals surface area contributed by atoms with E-state index in [9.17, 15) is 4.79 Å². The van der Waals surface area contributed by atoms with Crippen LogP contribution in [0.25, 0.3) is 6.08 Å². The van der Waals surface area contributed by atoms with Gasteiger partial charge in [0.05, 0.1) is 12.8 Å². The summed E-state index contributed by atoms with van der Waals surface area (Å²) in [5, 5.41) is 0.683. The van der Waals surface area contributed by atoms with Crippen molar-refractivity contribution in [3.05, 3.63) is 95.0 Å². The van der Waals surface area contributed by atoms with Crippen LogP contribution >= 0.6 is 11.6 Å². The first-order valence-electron chi connectivity index (χ1n) is 10.3. The summed E-state index contributed by atoms with van der Waals surface area (Å²) in [6.07, 6.45) is 3.41. The number of ketones is 1. The monoisotopic (exact) mass is 432 g/mol. The molecule has 1 heterocycles. The van der Waals surface area contributed by atoms with Crippen LogP contribution in [-0.2, 0) is 0 Å². The van der Waals surface area contributed by atoms with Crippen molar-refractivity contribution in [2.45, 2.75) is 0 Å². The van der Waals surface area contributed by atoms with E-state index in [1.165, 1.54) is 0 Å². The summed E-state index contributed by atoms with van der Waals surface area (Å²) >= 11 is 5.90. The van der Waals surface area contributed by atoms with Gasteiger partial charge in [0.15, 0.2) is 5.78 Å². The molecule has 3 aromatic carbocycles. The van der Waals surface area contributed by atoms with Crippen molar-refractivity contribution >= 4 is 34.8 Å². The number of rotatable bonds is 6. The van der Waals surface area contributed by atoms with E-state index in [1.807, 2.05) is 72.8 Å². The number of nitrogens with zero attached hydrogens (tertiary/aromatic N) is 2. The van der Waals surface area contributed by atoms with Gasteiger partial charge in [0.2, 0.25) is 0 Å². The summed E-state index contributed by atoms with van der Waals surface area (Å²) < 4.78 is 5.50. The number of methoxy groups -OCH3 is 1. The molecule has 158 valence electrons. The van der Waals surface area contributed by atoms with Gasteiger partial charge >= 0.3 is 0 Å². The number of allylic oxidation sites excluding steroid dienone is 1. The van der Waals surface area contributed by atoms with Gasteiger partial charge in [0, 0.05) is 42.5 Å². The Kier molecular flexibility index (Phi) is 6.58. The summed E-state index contributed by atoms with van der Waals surface area (Å²) in [6, 6.07) is 23.4. The van der Waals surface area contributed by atoms with Gasteiger partial charge in [-0.1, -0.05) is 41.9 Å². The maximum Gasteiger partial charge on any atom is 0.185 e. The topological polar surface area (TPSA) is 32.8 Å². The molecule has 1 aliphatic rings. The van der Waals surface area contributed by atoms with Gasteiger partial charge in [-0.15, -0.1) is 0 Å². The van der Waals surface area contributed by atoms with Gasteiger partial charge in [-0.25, -0.2) is 0 Å². The lowest BCUT2D eigenvalue weighted by atomic mass is 10.1. The number of para-hydroxylation sites is 2. The Hall–Kier alpha value is -3.24. The Labute approximate surface area is 188 Å². The summed E-state index contributed by atoms with van der Waals surface area (Å²) in [7, 11) is 1.71. The minimum absolute atomic E-state index is 0.0116. The number of ether oxygens (including phenoxy) is 1. The van der Waals surface area contributed by atoms with E-state index >= 15 is 0 Å². The standard InChI is InChI=1S/C26H25ClN2O2/c1-31-26-5-3-2-4-24(26)29-18-16-28(17-19-29)23-13-9-21(10-14-23)25(30)15-8-20-6-11-22(27)12-7-20/h2-15H,16-19H2,1H3/b15-8+. The third kappa shape index (κ3) is 5.09. The highest BCUT2D eigenvalue weighted by Gasteiger charge is 2.19. The van der Waals surface area contributed by atoms with Crippen LogP contribution in [-0.4, -0.2) is 39.1 Å². The summed E-state index contributed by atoms with van der Waals surface area (Å²) in [6.45, 7) is 3.68. The van der Waals surface area contributed by atoms with Crippen LogP contribution in [0.15, 0.2) is 78.9 Å². The number of carbonyl (C=O) groups excluding carboxylic acids is 1. The molecule has 0 bridgehead atoms. The Morgan fingerprint density at radius 2 is 1.52 bits per heavy atom. The highest BCUT2D eigenvalue weighted by molar-refractivity contribution is 6.30. The van der Waals surface area contributed by atoms with E-state index in [-0.39, 0.29) is 5.78 Å². The summed E-state index contributed by atoms with van der Waals surface area (Å²) in [4.78, 5) is 17.2. The number of piperazine rings is 1. The molecule has 1 saturated heterocycles. The Bertz CT molecular complexity index is 1050. The minimum atomic E-state index is -0.0116. The number of carbonyl (C=O) groups is 1. The van der Waals surface area contributed by atoms with E-state index in [1.54, 1.807) is 13.2 Å². The number of hydrogen-bond donors (Lipinski definition) is 0. The molecule has 0 N–H and O–H groups in total. The van der Waals surface area contributed by atoms with Crippen molar-refractivity contribution in [3.63, 3.8) is 0 Å². The summed E-state index contributed by atoms with van der Waals surface area (Å²) in [5.74, 6) is 0.896. The second-order valence-corrected chi connectivity index (χ2v) is 7.88. The van der Waals surface area contributed by atoms with Gasteiger partial charge in [0.1, 0.15) is 5.75 Å². The lowest BCUT2D eigenvalue weighted by Gasteiger charge is -2.37. The smallest absolute Gasteiger partial charge is 0.185 e. The van der Waals surface area contributed by atoms with E-state index in [4.69, 9.17) is 16.3 Å². The maximum atomic E-state index is 12.5. The zero-order valence-electron chi connectivity index (χ0n) is 17.5. The molecule has 4 nitrogen and oxygen atoms in total. The fourth-order valence-corrected chi connectivity index (χ4v) is 3.90. The maximum absolute atomic E-state index is 12.5. The van der Waals surface area contributed by atoms with Crippen molar-refractivity contribution in [1.82, 2.24) is 0 Å².